The van der Waals surface area contributed by atoms with E-state index in [2.05, 4.69) is 28.1 Å². The quantitative estimate of drug-likeness (QED) is 0.0630. The lowest BCUT2D eigenvalue weighted by Crippen LogP contribution is -2.35. The number of carbonyl (C=O) groups excluding carboxylic acids is 1. The lowest BCUT2D eigenvalue weighted by molar-refractivity contribution is -0.870. The van der Waals surface area contributed by atoms with Gasteiger partial charge in [0, 0.05) is 18.9 Å². The fourth-order valence-electron chi connectivity index (χ4n) is 4.26. The molecule has 0 aliphatic carbocycles. The third kappa shape index (κ3) is 28.5. The number of carbonyl (C=O) groups is 1. The molecule has 0 fully saturated rings. The number of Topliss-reactive ketones (excluding diaryl/α,β-unsaturated/α-hetero) is 1. The van der Waals surface area contributed by atoms with E-state index in [1.807, 2.05) is 0 Å². The Morgan fingerprint density at radius 1 is 0.722 bits per heavy atom. The number of rotatable bonds is 28. The Morgan fingerprint density at radius 3 is 1.72 bits per heavy atom. The van der Waals surface area contributed by atoms with Gasteiger partial charge in [0.2, 0.25) is 0 Å². The number of hydrogen-bond acceptors (Lipinski definition) is 5. The second-order valence-electron chi connectivity index (χ2n) is 11.5. The van der Waals surface area contributed by atoms with Crippen molar-refractivity contribution in [3.8, 4) is 0 Å². The number of quaternary nitrogens is 1. The summed E-state index contributed by atoms with van der Waals surface area (Å²) in [5.41, 5.74) is 0. The van der Waals surface area contributed by atoms with E-state index < -0.39 is 8.60 Å². The number of ketones is 1. The minimum absolute atomic E-state index is 0.0342. The molecule has 0 spiro atoms. The molecule has 0 aromatic heterocycles. The summed E-state index contributed by atoms with van der Waals surface area (Å²) in [7, 11) is 4.60. The molecule has 1 N–H and O–H groups in total. The van der Waals surface area contributed by atoms with Gasteiger partial charge in [-0.3, -0.25) is 0 Å². The molecule has 216 valence electrons. The van der Waals surface area contributed by atoms with Crippen LogP contribution in [0.3, 0.4) is 0 Å². The Hall–Kier alpha value is -0.100. The summed E-state index contributed by atoms with van der Waals surface area (Å²) < 4.78 is 17.7. The molecule has 0 aromatic carbocycles. The van der Waals surface area contributed by atoms with Gasteiger partial charge >= 0.3 is 8.60 Å². The van der Waals surface area contributed by atoms with Crippen molar-refractivity contribution >= 4 is 14.4 Å². The van der Waals surface area contributed by atoms with E-state index in [0.717, 1.165) is 36.9 Å². The van der Waals surface area contributed by atoms with Crippen LogP contribution in [-0.4, -0.2) is 69.3 Å². The van der Waals surface area contributed by atoms with Crippen LogP contribution >= 0.6 is 8.60 Å². The molecule has 0 amide bonds. The van der Waals surface area contributed by atoms with Crippen LogP contribution in [0.2, 0.25) is 0 Å². The van der Waals surface area contributed by atoms with Crippen molar-refractivity contribution in [3.63, 3.8) is 0 Å². The SMILES string of the molecule is CCCCCCCCCCCCCCCCOCC(COP(O)OCCCC[N+](C)(C)C)CC(C)=O. The Labute approximate surface area is 225 Å². The molecule has 0 aliphatic rings. The standard InChI is InChI=1S/C29H61NO5P/c1-6-7-8-9-10-11-12-13-14-15-16-17-18-20-23-33-26-29(25-28(2)31)27-35-36(32)34-24-21-19-22-30(3,4)5/h29,32H,6-27H2,1-5H3/q+1. The molecule has 0 aromatic rings. The maximum absolute atomic E-state index is 11.6. The van der Waals surface area contributed by atoms with Crippen molar-refractivity contribution in [1.29, 1.82) is 0 Å². The minimum Gasteiger partial charge on any atom is -0.381 e. The van der Waals surface area contributed by atoms with Gasteiger partial charge in [0.1, 0.15) is 5.78 Å². The maximum Gasteiger partial charge on any atom is 0.329 e. The van der Waals surface area contributed by atoms with E-state index in [0.29, 0.717) is 26.2 Å². The molecule has 0 saturated carbocycles. The zero-order valence-corrected chi connectivity index (χ0v) is 25.5. The van der Waals surface area contributed by atoms with E-state index >= 15 is 0 Å². The zero-order valence-electron chi connectivity index (χ0n) is 24.6. The van der Waals surface area contributed by atoms with Crippen LogP contribution < -0.4 is 0 Å². The molecule has 0 heterocycles. The Balaban J connectivity index is 3.65. The fraction of sp³-hybridized carbons (Fsp3) is 0.966. The third-order valence-corrected chi connectivity index (χ3v) is 7.19. The van der Waals surface area contributed by atoms with Gasteiger partial charge in [-0.15, -0.1) is 0 Å². The third-order valence-electron chi connectivity index (χ3n) is 6.42. The van der Waals surface area contributed by atoms with Crippen LogP contribution in [0.5, 0.6) is 0 Å². The number of ether oxygens (including phenoxy) is 1. The summed E-state index contributed by atoms with van der Waals surface area (Å²) in [6.45, 7) is 6.94. The van der Waals surface area contributed by atoms with E-state index in [-0.39, 0.29) is 11.7 Å². The summed E-state index contributed by atoms with van der Waals surface area (Å²) in [4.78, 5) is 21.6. The highest BCUT2D eigenvalue weighted by atomic mass is 31.2. The molecule has 0 saturated heterocycles. The van der Waals surface area contributed by atoms with Crippen molar-refractivity contribution in [1.82, 2.24) is 0 Å². The molecule has 0 radical (unpaired) electrons. The number of nitrogens with zero attached hydrogens (tertiary/aromatic N) is 1. The van der Waals surface area contributed by atoms with Crippen molar-refractivity contribution in [2.45, 2.75) is 123 Å². The summed E-state index contributed by atoms with van der Waals surface area (Å²) in [6.07, 6.45) is 21.2. The number of hydrogen-bond donors (Lipinski definition) is 1. The monoisotopic (exact) mass is 534 g/mol. The highest BCUT2D eigenvalue weighted by Gasteiger charge is 2.16. The second-order valence-corrected chi connectivity index (χ2v) is 12.5. The normalized spacial score (nSPS) is 13.7. The fourth-order valence-corrected chi connectivity index (χ4v) is 4.96. The molecular weight excluding hydrogens is 473 g/mol. The van der Waals surface area contributed by atoms with Crippen LogP contribution in [0.4, 0.5) is 0 Å². The predicted molar refractivity (Wildman–Crippen MR) is 153 cm³/mol. The maximum atomic E-state index is 11.6. The molecule has 6 nitrogen and oxygen atoms in total. The van der Waals surface area contributed by atoms with Gasteiger partial charge in [0.25, 0.3) is 0 Å². The zero-order chi connectivity index (χ0) is 26.9. The van der Waals surface area contributed by atoms with Gasteiger partial charge < -0.3 is 28.0 Å². The van der Waals surface area contributed by atoms with Crippen LogP contribution in [0.1, 0.15) is 123 Å². The molecule has 0 aliphatic heterocycles. The van der Waals surface area contributed by atoms with E-state index in [9.17, 15) is 9.69 Å². The van der Waals surface area contributed by atoms with Gasteiger partial charge in [-0.2, -0.15) is 0 Å². The summed E-state index contributed by atoms with van der Waals surface area (Å²) in [6, 6.07) is 0. The van der Waals surface area contributed by atoms with Crippen molar-refractivity contribution < 1.29 is 28.0 Å². The van der Waals surface area contributed by atoms with Crippen LogP contribution in [0.15, 0.2) is 0 Å². The van der Waals surface area contributed by atoms with Crippen LogP contribution in [-0.2, 0) is 18.6 Å². The van der Waals surface area contributed by atoms with Crippen LogP contribution in [0, 0.1) is 5.92 Å². The van der Waals surface area contributed by atoms with E-state index in [1.165, 1.54) is 83.5 Å². The lowest BCUT2D eigenvalue weighted by Gasteiger charge is -2.23. The Bertz CT molecular complexity index is 487. The molecule has 36 heavy (non-hydrogen) atoms. The highest BCUT2D eigenvalue weighted by Crippen LogP contribution is 2.34. The van der Waals surface area contributed by atoms with Crippen LogP contribution in [0.25, 0.3) is 0 Å². The predicted octanol–water partition coefficient (Wildman–Crippen LogP) is 7.82. The summed E-state index contributed by atoms with van der Waals surface area (Å²) in [5.74, 6) is 0.0836. The molecule has 0 bridgehead atoms. The topological polar surface area (TPSA) is 65.0 Å². The smallest absolute Gasteiger partial charge is 0.329 e. The summed E-state index contributed by atoms with van der Waals surface area (Å²) >= 11 is 0. The first-order valence-electron chi connectivity index (χ1n) is 14.9. The molecule has 2 atom stereocenters. The summed E-state index contributed by atoms with van der Waals surface area (Å²) in [5, 5.41) is 0. The van der Waals surface area contributed by atoms with Gasteiger partial charge in [-0.25, -0.2) is 0 Å². The average Bonchev–Trinajstić information content (AvgIpc) is 2.80. The van der Waals surface area contributed by atoms with Crippen molar-refractivity contribution in [2.75, 3.05) is 54.1 Å². The first-order valence-corrected chi connectivity index (χ1v) is 16.0. The average molecular weight is 535 g/mol. The first-order chi connectivity index (χ1) is 17.2. The largest absolute Gasteiger partial charge is 0.381 e. The molecule has 2 unspecified atom stereocenters. The van der Waals surface area contributed by atoms with Gasteiger partial charge in [0.05, 0.1) is 47.5 Å². The van der Waals surface area contributed by atoms with Gasteiger partial charge in [-0.1, -0.05) is 90.4 Å². The second kappa shape index (κ2) is 25.2. The van der Waals surface area contributed by atoms with Gasteiger partial charge in [-0.05, 0) is 26.2 Å². The van der Waals surface area contributed by atoms with Gasteiger partial charge in [0.15, 0.2) is 0 Å². The Kier molecular flexibility index (Phi) is 25.1. The first kappa shape index (κ1) is 35.9. The van der Waals surface area contributed by atoms with Crippen molar-refractivity contribution in [2.24, 2.45) is 5.92 Å². The van der Waals surface area contributed by atoms with E-state index in [1.54, 1.807) is 6.92 Å². The number of unbranched alkanes of at least 4 members (excludes halogenated alkanes) is 14. The molecular formula is C29H61NO5P+. The van der Waals surface area contributed by atoms with Crippen molar-refractivity contribution in [3.05, 3.63) is 0 Å². The lowest BCUT2D eigenvalue weighted by atomic mass is 10.0. The Morgan fingerprint density at radius 2 is 1.22 bits per heavy atom. The molecule has 7 heteroatoms. The van der Waals surface area contributed by atoms with E-state index in [4.69, 9.17) is 13.8 Å². The highest BCUT2D eigenvalue weighted by molar-refractivity contribution is 7.40. The minimum atomic E-state index is -1.89. The molecule has 0 rings (SSSR count).